The lowest BCUT2D eigenvalue weighted by Gasteiger charge is -2.38. The number of amidine groups is 1. The first-order chi connectivity index (χ1) is 14.4. The fourth-order valence-electron chi connectivity index (χ4n) is 4.07. The fourth-order valence-corrected chi connectivity index (χ4v) is 4.07. The number of aliphatic imine (C=N–C) groups is 1. The number of hydrogen-bond acceptors (Lipinski definition) is 7. The van der Waals surface area contributed by atoms with Crippen LogP contribution in [0.25, 0.3) is 0 Å². The molecule has 0 spiro atoms. The number of ether oxygens (including phenoxy) is 3. The van der Waals surface area contributed by atoms with E-state index in [2.05, 4.69) is 9.98 Å². The minimum Gasteiger partial charge on any atom is -0.492 e. The maximum absolute atomic E-state index is 14.9. The second-order valence-corrected chi connectivity index (χ2v) is 7.62. The Morgan fingerprint density at radius 3 is 2.90 bits per heavy atom. The van der Waals surface area contributed by atoms with Crippen molar-refractivity contribution in [3.05, 3.63) is 59.2 Å². The van der Waals surface area contributed by atoms with Crippen molar-refractivity contribution in [3.63, 3.8) is 0 Å². The molecule has 1 fully saturated rings. The Labute approximate surface area is 174 Å². The zero-order valence-electron chi connectivity index (χ0n) is 16.9. The van der Waals surface area contributed by atoms with Gasteiger partial charge >= 0.3 is 0 Å². The molecule has 158 valence electrons. The van der Waals surface area contributed by atoms with E-state index in [1.165, 1.54) is 12.3 Å². The van der Waals surface area contributed by atoms with Gasteiger partial charge in [-0.15, -0.1) is 0 Å². The number of ketones is 1. The number of carbonyl (C=O) groups is 1. The molecule has 0 radical (unpaired) electrons. The zero-order chi connectivity index (χ0) is 21.3. The second-order valence-electron chi connectivity index (χ2n) is 7.62. The van der Waals surface area contributed by atoms with Crippen LogP contribution in [-0.2, 0) is 21.4 Å². The Hall–Kier alpha value is -3.00. The Balaban J connectivity index is 1.60. The molecule has 2 aromatic rings. The van der Waals surface area contributed by atoms with Crippen LogP contribution in [0.3, 0.4) is 0 Å². The number of nitrogens with zero attached hydrogens (tertiary/aromatic N) is 2. The first-order valence-corrected chi connectivity index (χ1v) is 9.91. The maximum Gasteiger partial charge on any atom is 0.283 e. The molecule has 0 aliphatic carbocycles. The number of Topliss-reactive ketones (excluding diaryl/α,β-unsaturated/α-hetero) is 1. The van der Waals surface area contributed by atoms with Gasteiger partial charge in [0.1, 0.15) is 23.4 Å². The zero-order valence-corrected chi connectivity index (χ0v) is 16.9. The van der Waals surface area contributed by atoms with Gasteiger partial charge in [0.05, 0.1) is 37.5 Å². The second kappa shape index (κ2) is 8.02. The molecule has 30 heavy (non-hydrogen) atoms. The third-order valence-corrected chi connectivity index (χ3v) is 5.64. The molecule has 1 aromatic heterocycles. The average molecular weight is 413 g/mol. The molecule has 7 nitrogen and oxygen atoms in total. The summed E-state index contributed by atoms with van der Waals surface area (Å²) in [6.07, 6.45) is 1.34. The Kier molecular flexibility index (Phi) is 5.42. The van der Waals surface area contributed by atoms with E-state index in [0.29, 0.717) is 42.4 Å². The van der Waals surface area contributed by atoms with E-state index in [1.807, 2.05) is 13.8 Å². The number of hydrogen-bond donors (Lipinski definition) is 1. The number of carbonyl (C=O) groups excluding carboxylic acids is 1. The van der Waals surface area contributed by atoms with E-state index in [0.717, 1.165) is 0 Å². The smallest absolute Gasteiger partial charge is 0.283 e. The van der Waals surface area contributed by atoms with Crippen LogP contribution in [-0.4, -0.2) is 42.7 Å². The number of halogens is 1. The Bertz CT molecular complexity index is 979. The van der Waals surface area contributed by atoms with Gasteiger partial charge in [-0.1, -0.05) is 6.07 Å². The first-order valence-electron chi connectivity index (χ1n) is 9.91. The van der Waals surface area contributed by atoms with Crippen molar-refractivity contribution < 1.29 is 23.4 Å². The van der Waals surface area contributed by atoms with E-state index < -0.39 is 11.4 Å². The highest BCUT2D eigenvalue weighted by Gasteiger charge is 2.50. The van der Waals surface area contributed by atoms with Crippen LogP contribution >= 0.6 is 0 Å². The number of benzene rings is 1. The van der Waals surface area contributed by atoms with Gasteiger partial charge in [-0.05, 0) is 43.7 Å². The quantitative estimate of drug-likeness (QED) is 0.732. The summed E-state index contributed by atoms with van der Waals surface area (Å²) in [6, 6.07) is 8.00. The molecule has 3 atom stereocenters. The molecule has 2 aliphatic rings. The van der Waals surface area contributed by atoms with E-state index in [4.69, 9.17) is 19.9 Å². The molecule has 0 bridgehead atoms. The van der Waals surface area contributed by atoms with Crippen LogP contribution in [0.2, 0.25) is 0 Å². The summed E-state index contributed by atoms with van der Waals surface area (Å²) < 4.78 is 31.3. The van der Waals surface area contributed by atoms with E-state index in [1.54, 1.807) is 24.3 Å². The van der Waals surface area contributed by atoms with Crippen LogP contribution < -0.4 is 10.5 Å². The highest BCUT2D eigenvalue weighted by Crippen LogP contribution is 2.43. The van der Waals surface area contributed by atoms with Crippen molar-refractivity contribution in [2.75, 3.05) is 19.8 Å². The topological polar surface area (TPSA) is 96.0 Å². The molecule has 8 heteroatoms. The van der Waals surface area contributed by atoms with Gasteiger partial charge in [0, 0.05) is 12.0 Å². The third kappa shape index (κ3) is 3.75. The van der Waals surface area contributed by atoms with Crippen LogP contribution in [0.15, 0.2) is 41.5 Å². The van der Waals surface area contributed by atoms with Gasteiger partial charge in [0.2, 0.25) is 0 Å². The van der Waals surface area contributed by atoms with Gasteiger partial charge < -0.3 is 19.9 Å². The molecule has 1 aromatic carbocycles. The molecule has 0 saturated carbocycles. The summed E-state index contributed by atoms with van der Waals surface area (Å²) in [4.78, 5) is 21.3. The molecule has 0 unspecified atom stereocenters. The summed E-state index contributed by atoms with van der Waals surface area (Å²) in [5.74, 6) is -0.137. The molecule has 1 saturated heterocycles. The molecule has 4 rings (SSSR count). The first kappa shape index (κ1) is 20.3. The number of fused-ring (bicyclic) bond motifs is 1. The molecular weight excluding hydrogens is 389 g/mol. The number of pyridine rings is 1. The van der Waals surface area contributed by atoms with Crippen molar-refractivity contribution in [2.45, 2.75) is 31.9 Å². The predicted octanol–water partition coefficient (Wildman–Crippen LogP) is 2.62. The minimum atomic E-state index is -0.940. The normalized spacial score (nSPS) is 25.2. The van der Waals surface area contributed by atoms with Gasteiger partial charge in [-0.2, -0.15) is 0 Å². The lowest BCUT2D eigenvalue weighted by molar-refractivity contribution is 0.0816. The summed E-state index contributed by atoms with van der Waals surface area (Å²) in [5, 5.41) is 0. The van der Waals surface area contributed by atoms with Gasteiger partial charge in [0.15, 0.2) is 5.78 Å². The van der Waals surface area contributed by atoms with E-state index in [9.17, 15) is 9.18 Å². The lowest BCUT2D eigenvalue weighted by Crippen LogP contribution is -2.47. The summed E-state index contributed by atoms with van der Waals surface area (Å²) >= 11 is 0. The van der Waals surface area contributed by atoms with Gasteiger partial charge in [-0.3, -0.25) is 4.79 Å². The van der Waals surface area contributed by atoms with Crippen LogP contribution in [0.5, 0.6) is 5.75 Å². The summed E-state index contributed by atoms with van der Waals surface area (Å²) in [6.45, 7) is 5.02. The van der Waals surface area contributed by atoms with Gasteiger partial charge in [0.25, 0.3) is 6.02 Å². The number of rotatable bonds is 6. The summed E-state index contributed by atoms with van der Waals surface area (Å²) in [7, 11) is 0. The highest BCUT2D eigenvalue weighted by molar-refractivity contribution is 5.95. The van der Waals surface area contributed by atoms with Crippen molar-refractivity contribution in [1.82, 2.24) is 4.98 Å². The highest BCUT2D eigenvalue weighted by atomic mass is 19.1. The maximum atomic E-state index is 14.9. The Morgan fingerprint density at radius 1 is 1.33 bits per heavy atom. The van der Waals surface area contributed by atoms with Crippen LogP contribution in [0.1, 0.15) is 35.5 Å². The number of nitrogens with two attached hydrogens (primary N) is 1. The van der Waals surface area contributed by atoms with Crippen LogP contribution in [0, 0.1) is 11.7 Å². The van der Waals surface area contributed by atoms with Crippen LogP contribution in [0.4, 0.5) is 4.39 Å². The SMILES string of the molecule is CCOc1ccc(C(=O)Cc2ccc(F)c([C@@]3(C)N=C(N)O[C@@H]4COC[C@@H]43)c2)nc1. The minimum absolute atomic E-state index is 0.0173. The van der Waals surface area contributed by atoms with Crippen molar-refractivity contribution >= 4 is 11.8 Å². The largest absolute Gasteiger partial charge is 0.492 e. The standard InChI is InChI=1S/C22H24FN3O4/c1-3-29-14-5-7-18(25-10-14)19(27)9-13-4-6-17(23)15(8-13)22(2)16-11-28-12-20(16)30-21(24)26-22/h4-8,10,16,20H,3,9,11-12H2,1-2H3,(H2,24,26)/t16-,20+,22+/m0/s1. The molecule has 0 amide bonds. The lowest BCUT2D eigenvalue weighted by atomic mass is 9.77. The van der Waals surface area contributed by atoms with E-state index >= 15 is 0 Å². The van der Waals surface area contributed by atoms with Crippen molar-refractivity contribution in [1.29, 1.82) is 0 Å². The monoisotopic (exact) mass is 413 g/mol. The average Bonchev–Trinajstić information content (AvgIpc) is 3.19. The van der Waals surface area contributed by atoms with Gasteiger partial charge in [-0.25, -0.2) is 14.4 Å². The number of aromatic nitrogens is 1. The van der Waals surface area contributed by atoms with Crippen molar-refractivity contribution in [2.24, 2.45) is 16.6 Å². The Morgan fingerprint density at radius 2 is 2.17 bits per heavy atom. The van der Waals surface area contributed by atoms with Crippen molar-refractivity contribution in [3.8, 4) is 5.75 Å². The predicted molar refractivity (Wildman–Crippen MR) is 108 cm³/mol. The molecular formula is C22H24FN3O4. The third-order valence-electron chi connectivity index (χ3n) is 5.64. The molecule has 2 aliphatic heterocycles. The van der Waals surface area contributed by atoms with E-state index in [-0.39, 0.29) is 30.2 Å². The fraction of sp³-hybridized carbons (Fsp3) is 0.409. The molecule has 3 heterocycles. The molecule has 2 N–H and O–H groups in total. The summed E-state index contributed by atoms with van der Waals surface area (Å²) in [5.41, 5.74) is 6.29.